The van der Waals surface area contributed by atoms with Crippen LogP contribution in [0.3, 0.4) is 0 Å². The Morgan fingerprint density at radius 2 is 2.10 bits per heavy atom. The van der Waals surface area contributed by atoms with Gasteiger partial charge in [0.2, 0.25) is 10.0 Å². The van der Waals surface area contributed by atoms with Crippen molar-refractivity contribution in [3.05, 3.63) is 6.20 Å². The van der Waals surface area contributed by atoms with Crippen molar-refractivity contribution in [2.75, 3.05) is 25.4 Å². The van der Waals surface area contributed by atoms with Crippen LogP contribution >= 0.6 is 0 Å². The fourth-order valence-electron chi connectivity index (χ4n) is 2.41. The van der Waals surface area contributed by atoms with E-state index >= 15 is 0 Å². The number of aromatic nitrogens is 2. The molecule has 1 atom stereocenters. The lowest BCUT2D eigenvalue weighted by molar-refractivity contribution is 0.260. The minimum atomic E-state index is -3.59. The van der Waals surface area contributed by atoms with E-state index in [2.05, 4.69) is 14.7 Å². The summed E-state index contributed by atoms with van der Waals surface area (Å²) >= 11 is 0. The molecule has 2 heterocycles. The molecule has 1 aliphatic heterocycles. The molecule has 1 aliphatic rings. The second-order valence-electron chi connectivity index (χ2n) is 5.18. The number of anilines is 1. The molecule has 0 saturated carbocycles. The Kier molecular flexibility index (Phi) is 4.66. The van der Waals surface area contributed by atoms with Crippen LogP contribution in [0.2, 0.25) is 0 Å². The molecular formula is C12H23N5O2S. The summed E-state index contributed by atoms with van der Waals surface area (Å²) in [5.74, 6) is 0.0492. The number of nitrogen functional groups attached to an aromatic ring is 1. The summed E-state index contributed by atoms with van der Waals surface area (Å²) in [6, 6.07) is 0.190. The molecule has 1 unspecified atom stereocenters. The quantitative estimate of drug-likeness (QED) is 0.785. The summed E-state index contributed by atoms with van der Waals surface area (Å²) in [6.07, 6.45) is 3.85. The maximum absolute atomic E-state index is 12.2. The predicted octanol–water partition coefficient (Wildman–Crippen LogP) is 0.248. The van der Waals surface area contributed by atoms with E-state index in [0.29, 0.717) is 13.1 Å². The first-order chi connectivity index (χ1) is 9.44. The van der Waals surface area contributed by atoms with Gasteiger partial charge >= 0.3 is 0 Å². The normalized spacial score (nSPS) is 18.5. The number of nitrogens with zero attached hydrogens (tertiary/aromatic N) is 3. The fourth-order valence-corrected chi connectivity index (χ4v) is 3.60. The topological polar surface area (TPSA) is 93.2 Å². The van der Waals surface area contributed by atoms with Gasteiger partial charge in [0.15, 0.2) is 5.82 Å². The van der Waals surface area contributed by atoms with Gasteiger partial charge in [-0.05, 0) is 39.8 Å². The molecule has 0 radical (unpaired) electrons. The third-order valence-corrected chi connectivity index (χ3v) is 5.14. The zero-order chi connectivity index (χ0) is 14.8. The van der Waals surface area contributed by atoms with Gasteiger partial charge in [-0.15, -0.1) is 0 Å². The van der Waals surface area contributed by atoms with Crippen molar-refractivity contribution in [3.8, 4) is 0 Å². The number of nitrogens with two attached hydrogens (primary N) is 1. The Bertz CT molecular complexity index is 548. The van der Waals surface area contributed by atoms with Crippen LogP contribution in [-0.4, -0.2) is 48.8 Å². The van der Waals surface area contributed by atoms with Crippen molar-refractivity contribution in [2.24, 2.45) is 0 Å². The average molecular weight is 301 g/mol. The molecule has 0 bridgehead atoms. The van der Waals surface area contributed by atoms with E-state index in [1.165, 1.54) is 23.7 Å². The Balaban J connectivity index is 2.01. The predicted molar refractivity (Wildman–Crippen MR) is 77.8 cm³/mol. The third-order valence-electron chi connectivity index (χ3n) is 3.70. The number of likely N-dealkylation sites (tertiary alicyclic amines) is 1. The van der Waals surface area contributed by atoms with E-state index in [4.69, 9.17) is 5.73 Å². The average Bonchev–Trinajstić information content (AvgIpc) is 3.05. The number of aryl methyl sites for hydroxylation is 1. The van der Waals surface area contributed by atoms with Gasteiger partial charge in [-0.25, -0.2) is 13.1 Å². The van der Waals surface area contributed by atoms with Crippen LogP contribution in [0, 0.1) is 0 Å². The van der Waals surface area contributed by atoms with Gasteiger partial charge in [-0.2, -0.15) is 5.10 Å². The summed E-state index contributed by atoms with van der Waals surface area (Å²) in [4.78, 5) is 2.36. The van der Waals surface area contributed by atoms with Gasteiger partial charge in [0.25, 0.3) is 0 Å². The molecule has 0 spiro atoms. The van der Waals surface area contributed by atoms with Crippen molar-refractivity contribution >= 4 is 15.8 Å². The summed E-state index contributed by atoms with van der Waals surface area (Å²) in [7, 11) is -3.59. The lowest BCUT2D eigenvalue weighted by Crippen LogP contribution is -2.40. The van der Waals surface area contributed by atoms with Crippen molar-refractivity contribution in [2.45, 2.75) is 44.2 Å². The Morgan fingerprint density at radius 3 is 2.65 bits per heavy atom. The number of sulfonamides is 1. The maximum atomic E-state index is 12.2. The maximum Gasteiger partial charge on any atom is 0.245 e. The van der Waals surface area contributed by atoms with E-state index in [1.807, 2.05) is 13.8 Å². The number of rotatable bonds is 6. The summed E-state index contributed by atoms with van der Waals surface area (Å²) in [5.41, 5.74) is 5.67. The second kappa shape index (κ2) is 6.11. The van der Waals surface area contributed by atoms with E-state index in [-0.39, 0.29) is 16.8 Å². The number of hydrogen-bond acceptors (Lipinski definition) is 5. The van der Waals surface area contributed by atoms with Gasteiger partial charge in [-0.3, -0.25) is 9.58 Å². The van der Waals surface area contributed by atoms with Crippen LogP contribution in [0.1, 0.15) is 26.7 Å². The first-order valence-electron chi connectivity index (χ1n) is 7.00. The molecule has 1 aromatic heterocycles. The molecule has 3 N–H and O–H groups in total. The highest BCUT2D eigenvalue weighted by atomic mass is 32.2. The fraction of sp³-hybridized carbons (Fsp3) is 0.750. The highest BCUT2D eigenvalue weighted by Crippen LogP contribution is 2.16. The van der Waals surface area contributed by atoms with Crippen LogP contribution in [0.4, 0.5) is 5.82 Å². The van der Waals surface area contributed by atoms with Crippen LogP contribution in [0.15, 0.2) is 11.1 Å². The summed E-state index contributed by atoms with van der Waals surface area (Å²) in [6.45, 7) is 6.97. The Labute approximate surface area is 120 Å². The molecular weight excluding hydrogens is 278 g/mol. The standard InChI is InChI=1S/C12H23N5O2S/c1-3-17-9-11(12(13)15-17)20(18,19)14-8-10(2)16-6-4-5-7-16/h9-10,14H,3-8H2,1-2H3,(H2,13,15). The van der Waals surface area contributed by atoms with Gasteiger partial charge in [-0.1, -0.05) is 0 Å². The smallest absolute Gasteiger partial charge is 0.245 e. The molecule has 1 aromatic rings. The Hall–Kier alpha value is -1.12. The molecule has 0 amide bonds. The molecule has 1 fully saturated rings. The van der Waals surface area contributed by atoms with Crippen LogP contribution in [0.25, 0.3) is 0 Å². The second-order valence-corrected chi connectivity index (χ2v) is 6.91. The summed E-state index contributed by atoms with van der Waals surface area (Å²) in [5, 5.41) is 3.96. The lowest BCUT2D eigenvalue weighted by Gasteiger charge is -2.23. The summed E-state index contributed by atoms with van der Waals surface area (Å²) < 4.78 is 28.6. The molecule has 2 rings (SSSR count). The third kappa shape index (κ3) is 3.31. The minimum absolute atomic E-state index is 0.0492. The van der Waals surface area contributed by atoms with Crippen molar-refractivity contribution in [1.82, 2.24) is 19.4 Å². The molecule has 7 nitrogen and oxygen atoms in total. The largest absolute Gasteiger partial charge is 0.381 e. The zero-order valence-electron chi connectivity index (χ0n) is 12.0. The van der Waals surface area contributed by atoms with Crippen LogP contribution in [-0.2, 0) is 16.6 Å². The highest BCUT2D eigenvalue weighted by Gasteiger charge is 2.24. The molecule has 114 valence electrons. The van der Waals surface area contributed by atoms with Gasteiger partial charge in [0, 0.05) is 25.3 Å². The molecule has 8 heteroatoms. The Morgan fingerprint density at radius 1 is 1.45 bits per heavy atom. The zero-order valence-corrected chi connectivity index (χ0v) is 12.9. The molecule has 1 saturated heterocycles. The van der Waals surface area contributed by atoms with Crippen LogP contribution < -0.4 is 10.5 Å². The van der Waals surface area contributed by atoms with Crippen molar-refractivity contribution in [3.63, 3.8) is 0 Å². The van der Waals surface area contributed by atoms with E-state index in [9.17, 15) is 8.42 Å². The van der Waals surface area contributed by atoms with Gasteiger partial charge < -0.3 is 5.73 Å². The number of hydrogen-bond donors (Lipinski definition) is 2. The van der Waals surface area contributed by atoms with E-state index in [1.54, 1.807) is 0 Å². The monoisotopic (exact) mass is 301 g/mol. The van der Waals surface area contributed by atoms with Crippen molar-refractivity contribution < 1.29 is 8.42 Å². The first-order valence-corrected chi connectivity index (χ1v) is 8.49. The van der Waals surface area contributed by atoms with E-state index in [0.717, 1.165) is 13.1 Å². The lowest BCUT2D eigenvalue weighted by atomic mass is 10.3. The number of nitrogens with one attached hydrogen (secondary N) is 1. The molecule has 0 aliphatic carbocycles. The van der Waals surface area contributed by atoms with Gasteiger partial charge in [0.1, 0.15) is 4.90 Å². The van der Waals surface area contributed by atoms with E-state index < -0.39 is 10.0 Å². The highest BCUT2D eigenvalue weighted by molar-refractivity contribution is 7.89. The minimum Gasteiger partial charge on any atom is -0.381 e. The molecule has 0 aromatic carbocycles. The van der Waals surface area contributed by atoms with Crippen LogP contribution in [0.5, 0.6) is 0 Å². The molecule has 20 heavy (non-hydrogen) atoms. The SMILES string of the molecule is CCn1cc(S(=O)(=O)NCC(C)N2CCCC2)c(N)n1. The first kappa shape index (κ1) is 15.3. The van der Waals surface area contributed by atoms with Gasteiger partial charge in [0.05, 0.1) is 0 Å². The van der Waals surface area contributed by atoms with Crippen molar-refractivity contribution in [1.29, 1.82) is 0 Å².